The molecule has 0 aromatic heterocycles. The van der Waals surface area contributed by atoms with Crippen LogP contribution >= 0.6 is 11.8 Å². The molecule has 182 valence electrons. The third-order valence-corrected chi connectivity index (χ3v) is 6.11. The highest BCUT2D eigenvalue weighted by Crippen LogP contribution is 2.45. The number of nitrogens with zero attached hydrogens (tertiary/aromatic N) is 2. The lowest BCUT2D eigenvalue weighted by Gasteiger charge is -2.23. The molecule has 1 atom stereocenters. The SMILES string of the molecule is COc1c(F)c(F)cc(C(=O)N2N=C(c3ccc(F)cc3)SC2c2ccccc2OC(F)F)c1F. The first-order valence-corrected chi connectivity index (χ1v) is 10.7. The molecule has 3 aromatic rings. The third-order valence-electron chi connectivity index (χ3n) is 4.89. The van der Waals surface area contributed by atoms with Gasteiger partial charge in [0.25, 0.3) is 5.91 Å². The number of thioether (sulfide) groups is 1. The van der Waals surface area contributed by atoms with E-state index in [1.807, 2.05) is 0 Å². The second-order valence-corrected chi connectivity index (χ2v) is 8.08. The minimum Gasteiger partial charge on any atom is -0.491 e. The number of hydrogen-bond acceptors (Lipinski definition) is 5. The van der Waals surface area contributed by atoms with Crippen molar-refractivity contribution < 1.29 is 40.6 Å². The third kappa shape index (κ3) is 4.78. The highest BCUT2D eigenvalue weighted by Gasteiger charge is 2.38. The number of methoxy groups -OCH3 is 1. The van der Waals surface area contributed by atoms with E-state index in [9.17, 15) is 31.1 Å². The number of para-hydroxylation sites is 1. The van der Waals surface area contributed by atoms with Crippen molar-refractivity contribution in [3.8, 4) is 11.5 Å². The van der Waals surface area contributed by atoms with E-state index < -0.39 is 52.5 Å². The molecule has 0 radical (unpaired) electrons. The van der Waals surface area contributed by atoms with Gasteiger partial charge < -0.3 is 9.47 Å². The second kappa shape index (κ2) is 9.90. The van der Waals surface area contributed by atoms with Crippen molar-refractivity contribution in [2.45, 2.75) is 12.0 Å². The summed E-state index contributed by atoms with van der Waals surface area (Å²) in [6, 6.07) is 10.9. The average molecular weight is 512 g/mol. The number of ether oxygens (including phenoxy) is 2. The van der Waals surface area contributed by atoms with Gasteiger partial charge in [-0.25, -0.2) is 18.2 Å². The average Bonchev–Trinajstić information content (AvgIpc) is 3.27. The molecule has 0 bridgehead atoms. The fourth-order valence-corrected chi connectivity index (χ4v) is 4.50. The summed E-state index contributed by atoms with van der Waals surface area (Å²) in [5.74, 6) is -7.77. The van der Waals surface area contributed by atoms with Crippen molar-refractivity contribution in [2.24, 2.45) is 5.10 Å². The summed E-state index contributed by atoms with van der Waals surface area (Å²) in [4.78, 5) is 13.3. The highest BCUT2D eigenvalue weighted by atomic mass is 32.2. The van der Waals surface area contributed by atoms with Crippen molar-refractivity contribution in [3.05, 3.63) is 94.6 Å². The minimum atomic E-state index is -3.18. The molecular weight excluding hydrogens is 498 g/mol. The number of halogens is 6. The van der Waals surface area contributed by atoms with Crippen LogP contribution in [0.2, 0.25) is 0 Å². The molecule has 1 unspecified atom stereocenters. The van der Waals surface area contributed by atoms with Gasteiger partial charge in [0.15, 0.2) is 17.4 Å². The summed E-state index contributed by atoms with van der Waals surface area (Å²) in [6.45, 7) is -3.18. The molecule has 3 aromatic carbocycles. The molecule has 1 heterocycles. The van der Waals surface area contributed by atoms with Crippen LogP contribution in [-0.4, -0.2) is 29.7 Å². The number of carbonyl (C=O) groups is 1. The number of alkyl halides is 2. The number of hydrazone groups is 1. The number of carbonyl (C=O) groups excluding carboxylic acids is 1. The number of benzene rings is 3. The molecule has 0 saturated carbocycles. The number of rotatable bonds is 6. The largest absolute Gasteiger partial charge is 0.491 e. The van der Waals surface area contributed by atoms with Gasteiger partial charge in [0, 0.05) is 11.1 Å². The Balaban J connectivity index is 1.83. The van der Waals surface area contributed by atoms with E-state index in [0.717, 1.165) is 36.0 Å². The molecule has 0 fully saturated rings. The standard InChI is InChI=1S/C23H14F6N2O3S/c1-33-19-17(26)14(10-15(25)18(19)27)21(32)31-22(13-4-2-3-5-16(13)34-23(28)29)35-20(30-31)11-6-8-12(24)9-7-11/h2-10,22-23H,1H3. The van der Waals surface area contributed by atoms with Crippen molar-refractivity contribution >= 4 is 22.7 Å². The zero-order chi connectivity index (χ0) is 25.3. The molecular formula is C23H14F6N2O3S. The first-order chi connectivity index (χ1) is 16.7. The molecule has 0 N–H and O–H groups in total. The summed E-state index contributed by atoms with van der Waals surface area (Å²) in [7, 11) is 0.895. The second-order valence-electron chi connectivity index (χ2n) is 7.02. The van der Waals surface area contributed by atoms with Crippen LogP contribution in [0.1, 0.15) is 26.9 Å². The van der Waals surface area contributed by atoms with Gasteiger partial charge in [-0.3, -0.25) is 4.79 Å². The highest BCUT2D eigenvalue weighted by molar-refractivity contribution is 8.14. The Morgan fingerprint density at radius 1 is 1.03 bits per heavy atom. The van der Waals surface area contributed by atoms with Crippen LogP contribution < -0.4 is 9.47 Å². The Bertz CT molecular complexity index is 1300. The molecule has 4 rings (SSSR count). The van der Waals surface area contributed by atoms with Gasteiger partial charge in [0.1, 0.15) is 22.0 Å². The van der Waals surface area contributed by atoms with Crippen LogP contribution in [0.4, 0.5) is 26.3 Å². The molecule has 35 heavy (non-hydrogen) atoms. The maximum absolute atomic E-state index is 14.9. The predicted molar refractivity (Wildman–Crippen MR) is 115 cm³/mol. The summed E-state index contributed by atoms with van der Waals surface area (Å²) in [5.41, 5.74) is -0.461. The fraction of sp³-hybridized carbons (Fsp3) is 0.130. The van der Waals surface area contributed by atoms with Crippen molar-refractivity contribution in [1.82, 2.24) is 5.01 Å². The van der Waals surface area contributed by atoms with Gasteiger partial charge >= 0.3 is 6.61 Å². The molecule has 12 heteroatoms. The smallest absolute Gasteiger partial charge is 0.387 e. The first-order valence-electron chi connectivity index (χ1n) is 9.81. The molecule has 0 spiro atoms. The van der Waals surface area contributed by atoms with Gasteiger partial charge in [0.05, 0.1) is 12.7 Å². The molecule has 1 aliphatic heterocycles. The van der Waals surface area contributed by atoms with Crippen molar-refractivity contribution in [3.63, 3.8) is 0 Å². The molecule has 0 saturated heterocycles. The fourth-order valence-electron chi connectivity index (χ4n) is 3.32. The monoisotopic (exact) mass is 512 g/mol. The van der Waals surface area contributed by atoms with E-state index in [0.29, 0.717) is 11.6 Å². The first kappa shape index (κ1) is 24.5. The van der Waals surface area contributed by atoms with E-state index in [4.69, 9.17) is 0 Å². The summed E-state index contributed by atoms with van der Waals surface area (Å²) >= 11 is 0.904. The summed E-state index contributed by atoms with van der Waals surface area (Å²) in [6.07, 6.45) is 0. The van der Waals surface area contributed by atoms with Gasteiger partial charge in [-0.1, -0.05) is 30.0 Å². The van der Waals surface area contributed by atoms with Crippen LogP contribution in [-0.2, 0) is 0 Å². The number of amides is 1. The Hall–Kier alpha value is -3.67. The van der Waals surface area contributed by atoms with Crippen LogP contribution in [0.25, 0.3) is 0 Å². The lowest BCUT2D eigenvalue weighted by atomic mass is 10.1. The van der Waals surface area contributed by atoms with Crippen molar-refractivity contribution in [2.75, 3.05) is 7.11 Å². The van der Waals surface area contributed by atoms with Gasteiger partial charge in [-0.05, 0) is 36.4 Å². The van der Waals surface area contributed by atoms with Crippen molar-refractivity contribution in [1.29, 1.82) is 0 Å². The molecule has 1 amide bonds. The summed E-state index contributed by atoms with van der Waals surface area (Å²) in [5, 5.41) is 3.88. The normalized spacial score (nSPS) is 15.4. The van der Waals surface area contributed by atoms with Gasteiger partial charge in [-0.2, -0.15) is 18.3 Å². The van der Waals surface area contributed by atoms with Gasteiger partial charge in [0.2, 0.25) is 5.82 Å². The van der Waals surface area contributed by atoms with Gasteiger partial charge in [-0.15, -0.1) is 0 Å². The van der Waals surface area contributed by atoms with E-state index in [2.05, 4.69) is 14.6 Å². The van der Waals surface area contributed by atoms with E-state index in [-0.39, 0.29) is 16.4 Å². The molecule has 1 aliphatic rings. The Morgan fingerprint density at radius 3 is 2.37 bits per heavy atom. The maximum Gasteiger partial charge on any atom is 0.387 e. The lowest BCUT2D eigenvalue weighted by Crippen LogP contribution is -2.28. The topological polar surface area (TPSA) is 51.1 Å². The number of hydrogen-bond donors (Lipinski definition) is 0. The Morgan fingerprint density at radius 2 is 1.71 bits per heavy atom. The van der Waals surface area contributed by atoms with Crippen LogP contribution in [0.3, 0.4) is 0 Å². The van der Waals surface area contributed by atoms with E-state index >= 15 is 0 Å². The lowest BCUT2D eigenvalue weighted by molar-refractivity contribution is -0.0507. The maximum atomic E-state index is 14.9. The van der Waals surface area contributed by atoms with Crippen LogP contribution in [0, 0.1) is 23.3 Å². The summed E-state index contributed by atoms with van der Waals surface area (Å²) < 4.78 is 91.3. The van der Waals surface area contributed by atoms with E-state index in [1.165, 1.54) is 36.4 Å². The molecule has 0 aliphatic carbocycles. The Kier molecular flexibility index (Phi) is 6.92. The van der Waals surface area contributed by atoms with Crippen LogP contribution in [0.5, 0.6) is 11.5 Å². The van der Waals surface area contributed by atoms with Crippen LogP contribution in [0.15, 0.2) is 59.7 Å². The van der Waals surface area contributed by atoms with E-state index in [1.54, 1.807) is 0 Å². The molecule has 5 nitrogen and oxygen atoms in total. The quantitative estimate of drug-likeness (QED) is 0.296. The minimum absolute atomic E-state index is 0.0713. The Labute approximate surface area is 198 Å². The zero-order valence-electron chi connectivity index (χ0n) is 17.6. The zero-order valence-corrected chi connectivity index (χ0v) is 18.5. The predicted octanol–water partition coefficient (Wildman–Crippen LogP) is 6.10.